The molecule has 0 bridgehead atoms. The van der Waals surface area contributed by atoms with Crippen molar-refractivity contribution in [3.63, 3.8) is 0 Å². The summed E-state index contributed by atoms with van der Waals surface area (Å²) in [6, 6.07) is 4.31. The van der Waals surface area contributed by atoms with Gasteiger partial charge in [-0.2, -0.15) is 0 Å². The molecule has 0 aliphatic heterocycles. The second-order valence-electron chi connectivity index (χ2n) is 3.69. The van der Waals surface area contributed by atoms with Crippen LogP contribution in [-0.2, 0) is 0 Å². The van der Waals surface area contributed by atoms with Gasteiger partial charge in [-0.3, -0.25) is 10.1 Å². The number of benzene rings is 1. The van der Waals surface area contributed by atoms with Gasteiger partial charge in [-0.05, 0) is 19.0 Å². The van der Waals surface area contributed by atoms with E-state index >= 15 is 0 Å². The predicted molar refractivity (Wildman–Crippen MR) is 68.3 cm³/mol. The molecule has 0 fully saturated rings. The average molecular weight is 254 g/mol. The summed E-state index contributed by atoms with van der Waals surface area (Å²) in [6.45, 7) is 4.26. The molecule has 0 aliphatic carbocycles. The SMILES string of the molecule is CCCNCCOc1ccc([N+](=O)[O-])cc1OC. The van der Waals surface area contributed by atoms with Crippen molar-refractivity contribution in [1.82, 2.24) is 5.32 Å². The number of nitrogens with zero attached hydrogens (tertiary/aromatic N) is 1. The third kappa shape index (κ3) is 4.21. The summed E-state index contributed by atoms with van der Waals surface area (Å²) in [4.78, 5) is 10.1. The fourth-order valence-corrected chi connectivity index (χ4v) is 1.42. The third-order valence-electron chi connectivity index (χ3n) is 2.32. The molecule has 18 heavy (non-hydrogen) atoms. The van der Waals surface area contributed by atoms with Gasteiger partial charge in [0, 0.05) is 12.6 Å². The monoisotopic (exact) mass is 254 g/mol. The molecule has 0 saturated carbocycles. The van der Waals surface area contributed by atoms with Crippen LogP contribution in [0, 0.1) is 10.1 Å². The highest BCUT2D eigenvalue weighted by Crippen LogP contribution is 2.30. The van der Waals surface area contributed by atoms with Gasteiger partial charge >= 0.3 is 0 Å². The number of nitrogens with one attached hydrogen (secondary N) is 1. The molecule has 0 spiro atoms. The largest absolute Gasteiger partial charge is 0.493 e. The minimum atomic E-state index is -0.463. The number of hydrogen-bond acceptors (Lipinski definition) is 5. The van der Waals surface area contributed by atoms with E-state index in [1.54, 1.807) is 6.07 Å². The Hall–Kier alpha value is -1.82. The lowest BCUT2D eigenvalue weighted by molar-refractivity contribution is -0.384. The van der Waals surface area contributed by atoms with E-state index in [0.29, 0.717) is 18.1 Å². The second kappa shape index (κ2) is 7.50. The lowest BCUT2D eigenvalue weighted by Gasteiger charge is -2.10. The highest BCUT2D eigenvalue weighted by molar-refractivity contribution is 5.48. The van der Waals surface area contributed by atoms with Crippen LogP contribution in [0.3, 0.4) is 0 Å². The van der Waals surface area contributed by atoms with Crippen molar-refractivity contribution in [2.45, 2.75) is 13.3 Å². The number of hydrogen-bond donors (Lipinski definition) is 1. The Morgan fingerprint density at radius 1 is 1.33 bits per heavy atom. The minimum absolute atomic E-state index is 0.0108. The number of rotatable bonds is 8. The minimum Gasteiger partial charge on any atom is -0.493 e. The molecule has 1 N–H and O–H groups in total. The zero-order chi connectivity index (χ0) is 13.4. The summed E-state index contributed by atoms with van der Waals surface area (Å²) in [6.07, 6.45) is 1.07. The lowest BCUT2D eigenvalue weighted by Crippen LogP contribution is -2.21. The van der Waals surface area contributed by atoms with Gasteiger partial charge in [0.15, 0.2) is 11.5 Å². The number of non-ortho nitro benzene ring substituents is 1. The van der Waals surface area contributed by atoms with Crippen molar-refractivity contribution in [1.29, 1.82) is 0 Å². The highest BCUT2D eigenvalue weighted by Gasteiger charge is 2.11. The second-order valence-corrected chi connectivity index (χ2v) is 3.69. The van der Waals surface area contributed by atoms with Crippen molar-refractivity contribution in [3.05, 3.63) is 28.3 Å². The van der Waals surface area contributed by atoms with Gasteiger partial charge in [0.2, 0.25) is 0 Å². The van der Waals surface area contributed by atoms with Crippen molar-refractivity contribution in [2.75, 3.05) is 26.8 Å². The number of ether oxygens (including phenoxy) is 2. The lowest BCUT2D eigenvalue weighted by atomic mass is 10.3. The summed E-state index contributed by atoms with van der Waals surface area (Å²) in [7, 11) is 1.46. The molecular weight excluding hydrogens is 236 g/mol. The van der Waals surface area contributed by atoms with Crippen LogP contribution >= 0.6 is 0 Å². The van der Waals surface area contributed by atoms with Crippen LogP contribution in [-0.4, -0.2) is 31.7 Å². The standard InChI is InChI=1S/C12H18N2O4/c1-3-6-13-7-8-18-11-5-4-10(14(15)16)9-12(11)17-2/h4-5,9,13H,3,6-8H2,1-2H3. The molecule has 0 aromatic heterocycles. The number of nitro benzene ring substituents is 1. The summed E-state index contributed by atoms with van der Waals surface area (Å²) < 4.78 is 10.6. The Morgan fingerprint density at radius 3 is 2.72 bits per heavy atom. The van der Waals surface area contributed by atoms with E-state index in [2.05, 4.69) is 12.2 Å². The van der Waals surface area contributed by atoms with Gasteiger partial charge in [-0.15, -0.1) is 0 Å². The topological polar surface area (TPSA) is 73.6 Å². The quantitative estimate of drug-likeness (QED) is 0.436. The van der Waals surface area contributed by atoms with Crippen LogP contribution in [0.25, 0.3) is 0 Å². The van der Waals surface area contributed by atoms with Gasteiger partial charge in [0.1, 0.15) is 6.61 Å². The Morgan fingerprint density at radius 2 is 2.11 bits per heavy atom. The van der Waals surface area contributed by atoms with Crippen LogP contribution < -0.4 is 14.8 Å². The first-order valence-electron chi connectivity index (χ1n) is 5.85. The van der Waals surface area contributed by atoms with Gasteiger partial charge in [0.05, 0.1) is 18.1 Å². The van der Waals surface area contributed by atoms with Gasteiger partial charge in [-0.1, -0.05) is 6.92 Å². The Labute approximate surface area is 106 Å². The molecule has 0 saturated heterocycles. The van der Waals surface area contributed by atoms with Crippen molar-refractivity contribution >= 4 is 5.69 Å². The molecule has 0 aliphatic rings. The van der Waals surface area contributed by atoms with Gasteiger partial charge < -0.3 is 14.8 Å². The van der Waals surface area contributed by atoms with E-state index in [-0.39, 0.29) is 5.69 Å². The van der Waals surface area contributed by atoms with Gasteiger partial charge in [-0.25, -0.2) is 0 Å². The molecule has 100 valence electrons. The molecule has 0 heterocycles. The molecule has 0 unspecified atom stereocenters. The Balaban J connectivity index is 2.57. The maximum Gasteiger partial charge on any atom is 0.273 e. The van der Waals surface area contributed by atoms with Crippen molar-refractivity contribution < 1.29 is 14.4 Å². The first-order chi connectivity index (χ1) is 8.69. The molecule has 0 atom stereocenters. The van der Waals surface area contributed by atoms with Crippen LogP contribution in [0.2, 0.25) is 0 Å². The molecule has 0 radical (unpaired) electrons. The van der Waals surface area contributed by atoms with Crippen LogP contribution in [0.15, 0.2) is 18.2 Å². The number of methoxy groups -OCH3 is 1. The molecule has 1 aromatic carbocycles. The van der Waals surface area contributed by atoms with Crippen LogP contribution in [0.5, 0.6) is 11.5 Å². The summed E-state index contributed by atoms with van der Waals surface area (Å²) in [5.74, 6) is 0.890. The van der Waals surface area contributed by atoms with E-state index in [1.807, 2.05) is 0 Å². The molecule has 1 rings (SSSR count). The fraction of sp³-hybridized carbons (Fsp3) is 0.500. The zero-order valence-electron chi connectivity index (χ0n) is 10.6. The van der Waals surface area contributed by atoms with Crippen molar-refractivity contribution in [2.24, 2.45) is 0 Å². The molecule has 6 heteroatoms. The predicted octanol–water partition coefficient (Wildman–Crippen LogP) is 1.98. The molecule has 0 amide bonds. The first kappa shape index (κ1) is 14.2. The van der Waals surface area contributed by atoms with E-state index in [9.17, 15) is 10.1 Å². The van der Waals surface area contributed by atoms with Gasteiger partial charge in [0.25, 0.3) is 5.69 Å². The first-order valence-corrected chi connectivity index (χ1v) is 5.85. The van der Waals surface area contributed by atoms with Crippen LogP contribution in [0.1, 0.15) is 13.3 Å². The maximum atomic E-state index is 10.6. The smallest absolute Gasteiger partial charge is 0.273 e. The average Bonchev–Trinajstić information content (AvgIpc) is 2.38. The van der Waals surface area contributed by atoms with E-state index < -0.39 is 4.92 Å². The summed E-state index contributed by atoms with van der Waals surface area (Å²) in [5, 5.41) is 13.8. The molecular formula is C12H18N2O4. The Kier molecular flexibility index (Phi) is 5.93. The van der Waals surface area contributed by atoms with Crippen molar-refractivity contribution in [3.8, 4) is 11.5 Å². The fourth-order valence-electron chi connectivity index (χ4n) is 1.42. The normalized spacial score (nSPS) is 10.1. The van der Waals surface area contributed by atoms with E-state index in [4.69, 9.17) is 9.47 Å². The number of nitro groups is 1. The maximum absolute atomic E-state index is 10.6. The molecule has 6 nitrogen and oxygen atoms in total. The summed E-state index contributed by atoms with van der Waals surface area (Å²) in [5.41, 5.74) is -0.0108. The third-order valence-corrected chi connectivity index (χ3v) is 2.32. The summed E-state index contributed by atoms with van der Waals surface area (Å²) >= 11 is 0. The molecule has 1 aromatic rings. The van der Waals surface area contributed by atoms with Crippen LogP contribution in [0.4, 0.5) is 5.69 Å². The Bertz CT molecular complexity index is 396. The van der Waals surface area contributed by atoms with E-state index in [0.717, 1.165) is 19.5 Å². The zero-order valence-corrected chi connectivity index (χ0v) is 10.6. The van der Waals surface area contributed by atoms with E-state index in [1.165, 1.54) is 19.2 Å². The highest BCUT2D eigenvalue weighted by atomic mass is 16.6.